The summed E-state index contributed by atoms with van der Waals surface area (Å²) in [6.07, 6.45) is 3.05. The molecular weight excluding hydrogens is 470 g/mol. The number of fused-ring (bicyclic) bond motifs is 2. The van der Waals surface area contributed by atoms with Gasteiger partial charge in [-0.25, -0.2) is 9.78 Å². The van der Waals surface area contributed by atoms with Gasteiger partial charge in [-0.3, -0.25) is 4.40 Å². The third-order valence-electron chi connectivity index (χ3n) is 6.56. The fraction of sp³-hybridized carbons (Fsp3) is 0.273. The largest absolute Gasteiger partial charge is 0.423 e. The number of carbonyl (C=O) groups excluding carboxylic acids is 1. The number of nitrogens with one attached hydrogen (secondary N) is 1. The number of carbonyl (C=O) groups is 1. The molecule has 0 spiro atoms. The van der Waals surface area contributed by atoms with Gasteiger partial charge in [-0.1, -0.05) is 57.2 Å². The Balaban J connectivity index is 1.46. The van der Waals surface area contributed by atoms with Crippen molar-refractivity contribution in [3.05, 3.63) is 96.2 Å². The fourth-order valence-corrected chi connectivity index (χ4v) is 5.40. The smallest absolute Gasteiger partial charge is 0.344 e. The van der Waals surface area contributed by atoms with Crippen molar-refractivity contribution in [3.63, 3.8) is 0 Å². The third kappa shape index (κ3) is 5.42. The van der Waals surface area contributed by atoms with E-state index in [0.29, 0.717) is 11.3 Å². The van der Waals surface area contributed by atoms with Crippen LogP contribution in [0.5, 0.6) is 5.75 Å². The maximum absolute atomic E-state index is 13.0. The van der Waals surface area contributed by atoms with Crippen LogP contribution in [-0.4, -0.2) is 20.9 Å². The Kier molecular flexibility index (Phi) is 6.47. The predicted molar refractivity (Wildman–Crippen MR) is 156 cm³/mol. The van der Waals surface area contributed by atoms with Crippen LogP contribution in [0.1, 0.15) is 57.0 Å². The molecule has 5 rings (SSSR count). The van der Waals surface area contributed by atoms with Crippen LogP contribution in [0.2, 0.25) is 0 Å². The number of esters is 1. The van der Waals surface area contributed by atoms with Crippen LogP contribution < -0.4 is 10.1 Å². The molecule has 38 heavy (non-hydrogen) atoms. The molecule has 2 heterocycles. The van der Waals surface area contributed by atoms with Crippen LogP contribution in [-0.2, 0) is 0 Å². The first kappa shape index (κ1) is 25.5. The molecule has 194 valence electrons. The van der Waals surface area contributed by atoms with E-state index < -0.39 is 0 Å². The highest BCUT2D eigenvalue weighted by Gasteiger charge is 2.28. The summed E-state index contributed by atoms with van der Waals surface area (Å²) in [7, 11) is 0. The fourth-order valence-electron chi connectivity index (χ4n) is 5.40. The number of hydrogen-bond acceptors (Lipinski definition) is 4. The summed E-state index contributed by atoms with van der Waals surface area (Å²) in [5.74, 6) is 1.08. The molecule has 0 aliphatic heterocycles. The normalized spacial score (nSPS) is 12.2. The van der Waals surface area contributed by atoms with Crippen molar-refractivity contribution in [3.8, 4) is 17.0 Å². The summed E-state index contributed by atoms with van der Waals surface area (Å²) in [4.78, 5) is 18.0. The van der Waals surface area contributed by atoms with E-state index in [2.05, 4.69) is 69.6 Å². The number of ether oxygens (including phenoxy) is 1. The van der Waals surface area contributed by atoms with E-state index in [1.807, 2.05) is 60.7 Å². The van der Waals surface area contributed by atoms with Crippen molar-refractivity contribution in [2.24, 2.45) is 5.41 Å². The highest BCUT2D eigenvalue weighted by molar-refractivity contribution is 6.05. The van der Waals surface area contributed by atoms with Gasteiger partial charge in [0.1, 0.15) is 22.9 Å². The lowest BCUT2D eigenvalue weighted by Gasteiger charge is -2.34. The van der Waals surface area contributed by atoms with Crippen molar-refractivity contribution in [1.29, 1.82) is 0 Å². The summed E-state index contributed by atoms with van der Waals surface area (Å²) in [5.41, 5.74) is 4.43. The first-order valence-electron chi connectivity index (χ1n) is 13.1. The van der Waals surface area contributed by atoms with E-state index in [4.69, 9.17) is 9.72 Å². The van der Waals surface area contributed by atoms with Gasteiger partial charge >= 0.3 is 5.97 Å². The maximum Gasteiger partial charge on any atom is 0.344 e. The van der Waals surface area contributed by atoms with E-state index in [1.54, 1.807) is 6.07 Å². The zero-order valence-corrected chi connectivity index (χ0v) is 23.0. The summed E-state index contributed by atoms with van der Waals surface area (Å²) in [6.45, 7) is 13.3. The van der Waals surface area contributed by atoms with Crippen molar-refractivity contribution in [2.45, 2.75) is 53.5 Å². The molecule has 3 aromatic carbocycles. The van der Waals surface area contributed by atoms with Crippen molar-refractivity contribution in [1.82, 2.24) is 9.38 Å². The van der Waals surface area contributed by atoms with Gasteiger partial charge in [0.2, 0.25) is 0 Å². The number of nitrogens with zero attached hydrogens (tertiary/aromatic N) is 2. The van der Waals surface area contributed by atoms with Crippen LogP contribution >= 0.6 is 0 Å². The zero-order valence-electron chi connectivity index (χ0n) is 23.0. The molecule has 0 saturated carbocycles. The molecule has 0 radical (unpaired) electrons. The SMILES string of the molecule is Cc1ccn2c(NC(C)(C)CC(C)(C)C)c(-c3ccc(OC(=O)c4cccc5ccccc45)cc3)nc2c1. The lowest BCUT2D eigenvalue weighted by molar-refractivity contribution is 0.0737. The average molecular weight is 506 g/mol. The van der Waals surface area contributed by atoms with Gasteiger partial charge in [0, 0.05) is 17.3 Å². The Bertz CT molecular complexity index is 1620. The molecule has 1 N–H and O–H groups in total. The van der Waals surface area contributed by atoms with Gasteiger partial charge < -0.3 is 10.1 Å². The molecule has 0 fully saturated rings. The molecule has 0 bridgehead atoms. The Hall–Kier alpha value is -4.12. The van der Waals surface area contributed by atoms with Gasteiger partial charge in [0.05, 0.1) is 5.56 Å². The summed E-state index contributed by atoms with van der Waals surface area (Å²) < 4.78 is 7.87. The number of aromatic nitrogens is 2. The van der Waals surface area contributed by atoms with E-state index in [1.165, 1.54) is 0 Å². The molecule has 5 nitrogen and oxygen atoms in total. The zero-order chi connectivity index (χ0) is 27.1. The first-order chi connectivity index (χ1) is 18.0. The second kappa shape index (κ2) is 9.64. The Morgan fingerprint density at radius 3 is 2.37 bits per heavy atom. The number of imidazole rings is 1. The standard InChI is InChI=1S/C33H35N3O2/c1-22-18-19-36-28(20-22)34-29(30(36)35-33(5,6)21-32(2,3)4)24-14-16-25(17-15-24)38-31(37)27-13-9-11-23-10-7-8-12-26(23)27/h7-20,35H,21H2,1-6H3. The van der Waals surface area contributed by atoms with Crippen LogP contribution in [0.15, 0.2) is 85.1 Å². The highest BCUT2D eigenvalue weighted by atomic mass is 16.5. The summed E-state index contributed by atoms with van der Waals surface area (Å²) >= 11 is 0. The van der Waals surface area contributed by atoms with Gasteiger partial charge in [-0.05, 0) is 91.4 Å². The van der Waals surface area contributed by atoms with Crippen molar-refractivity contribution in [2.75, 3.05) is 5.32 Å². The van der Waals surface area contributed by atoms with Gasteiger partial charge in [0.25, 0.3) is 0 Å². The minimum absolute atomic E-state index is 0.151. The molecule has 5 aromatic rings. The molecular formula is C33H35N3O2. The minimum atomic E-state index is -0.371. The van der Waals surface area contributed by atoms with E-state index in [9.17, 15) is 4.79 Å². The summed E-state index contributed by atoms with van der Waals surface area (Å²) in [6, 6.07) is 25.3. The van der Waals surface area contributed by atoms with Crippen LogP contribution in [0.4, 0.5) is 5.82 Å². The van der Waals surface area contributed by atoms with E-state index in [0.717, 1.165) is 45.5 Å². The minimum Gasteiger partial charge on any atom is -0.423 e. The number of benzene rings is 3. The van der Waals surface area contributed by atoms with Crippen LogP contribution in [0, 0.1) is 12.3 Å². The topological polar surface area (TPSA) is 55.6 Å². The molecule has 0 aliphatic carbocycles. The van der Waals surface area contributed by atoms with Crippen LogP contribution in [0.25, 0.3) is 27.7 Å². The van der Waals surface area contributed by atoms with Gasteiger partial charge in [-0.15, -0.1) is 0 Å². The molecule has 0 amide bonds. The maximum atomic E-state index is 13.0. The van der Waals surface area contributed by atoms with E-state index in [-0.39, 0.29) is 16.9 Å². The molecule has 0 saturated heterocycles. The number of anilines is 1. The predicted octanol–water partition coefficient (Wildman–Crippen LogP) is 8.31. The molecule has 0 unspecified atom stereocenters. The lowest BCUT2D eigenvalue weighted by atomic mass is 9.82. The van der Waals surface area contributed by atoms with Crippen molar-refractivity contribution >= 4 is 28.2 Å². The second-order valence-corrected chi connectivity index (χ2v) is 11.9. The van der Waals surface area contributed by atoms with E-state index >= 15 is 0 Å². The number of pyridine rings is 1. The first-order valence-corrected chi connectivity index (χ1v) is 13.1. The third-order valence-corrected chi connectivity index (χ3v) is 6.56. The molecule has 2 aromatic heterocycles. The number of rotatable bonds is 6. The van der Waals surface area contributed by atoms with Gasteiger partial charge in [0.15, 0.2) is 0 Å². The Labute approximate surface area is 224 Å². The van der Waals surface area contributed by atoms with Crippen molar-refractivity contribution < 1.29 is 9.53 Å². The quantitative estimate of drug-likeness (QED) is 0.186. The highest BCUT2D eigenvalue weighted by Crippen LogP contribution is 2.35. The lowest BCUT2D eigenvalue weighted by Crippen LogP contribution is -2.36. The van der Waals surface area contributed by atoms with Gasteiger partial charge in [-0.2, -0.15) is 0 Å². The Morgan fingerprint density at radius 2 is 1.63 bits per heavy atom. The second-order valence-electron chi connectivity index (χ2n) is 11.9. The Morgan fingerprint density at radius 1 is 0.921 bits per heavy atom. The monoisotopic (exact) mass is 505 g/mol. The number of hydrogen-bond donors (Lipinski definition) is 1. The molecule has 5 heteroatoms. The molecule has 0 aliphatic rings. The average Bonchev–Trinajstić information content (AvgIpc) is 3.19. The van der Waals surface area contributed by atoms with Crippen LogP contribution in [0.3, 0.4) is 0 Å². The number of aryl methyl sites for hydroxylation is 1. The summed E-state index contributed by atoms with van der Waals surface area (Å²) in [5, 5.41) is 5.67. The molecule has 0 atom stereocenters.